The fourth-order valence-corrected chi connectivity index (χ4v) is 3.94. The Morgan fingerprint density at radius 3 is 3.00 bits per heavy atom. The zero-order chi connectivity index (χ0) is 16.1. The van der Waals surface area contributed by atoms with Crippen LogP contribution >= 0.6 is 0 Å². The smallest absolute Gasteiger partial charge is 0.137 e. The van der Waals surface area contributed by atoms with Crippen LogP contribution in [0.15, 0.2) is 12.7 Å². The summed E-state index contributed by atoms with van der Waals surface area (Å²) in [6, 6.07) is 0. The van der Waals surface area contributed by atoms with Gasteiger partial charge in [0.05, 0.1) is 6.10 Å². The Kier molecular flexibility index (Phi) is 5.84. The molecule has 3 rings (SSSR count). The van der Waals surface area contributed by atoms with Gasteiger partial charge in [0.15, 0.2) is 0 Å². The molecule has 3 heterocycles. The lowest BCUT2D eigenvalue weighted by atomic mass is 9.96. The zero-order valence-electron chi connectivity index (χ0n) is 14.2. The maximum Gasteiger partial charge on any atom is 0.137 e. The summed E-state index contributed by atoms with van der Waals surface area (Å²) in [5.74, 6) is 2.84. The zero-order valence-corrected chi connectivity index (χ0v) is 14.2. The highest BCUT2D eigenvalue weighted by Gasteiger charge is 2.28. The molecular formula is C18H30N4O. The molecule has 2 aliphatic rings. The quantitative estimate of drug-likeness (QED) is 0.819. The van der Waals surface area contributed by atoms with E-state index in [-0.39, 0.29) is 6.10 Å². The molecule has 1 saturated heterocycles. The van der Waals surface area contributed by atoms with Crippen LogP contribution in [-0.4, -0.2) is 50.5 Å². The van der Waals surface area contributed by atoms with Crippen LogP contribution in [-0.2, 0) is 13.0 Å². The first-order chi connectivity index (χ1) is 11.3. The minimum atomic E-state index is -0.248. The van der Waals surface area contributed by atoms with Crippen molar-refractivity contribution in [2.75, 3.05) is 19.6 Å². The monoisotopic (exact) mass is 318 g/mol. The Hall–Kier alpha value is -1.20. The van der Waals surface area contributed by atoms with Gasteiger partial charge in [0.25, 0.3) is 0 Å². The molecule has 1 fully saturated rings. The first-order valence-electron chi connectivity index (χ1n) is 9.21. The van der Waals surface area contributed by atoms with Crippen molar-refractivity contribution in [2.45, 2.75) is 69.9 Å². The number of allylic oxidation sites excluding steroid dienone is 1. The molecule has 0 aromatic carbocycles. The highest BCUT2D eigenvalue weighted by Crippen LogP contribution is 2.28. The fraction of sp³-hybridized carbons (Fsp3) is 0.778. The van der Waals surface area contributed by atoms with Crippen LogP contribution in [0.2, 0.25) is 0 Å². The standard InChI is InChI=1S/C18H30N4O/c1-2-3-9-16(23)14-21-11-7-8-15(13-21)18-20-19-17-10-5-4-6-12-22(17)18/h2,15-16,23H,1,3-14H2. The molecule has 1 N–H and O–H groups in total. The van der Waals surface area contributed by atoms with Gasteiger partial charge >= 0.3 is 0 Å². The summed E-state index contributed by atoms with van der Waals surface area (Å²) < 4.78 is 2.38. The predicted octanol–water partition coefficient (Wildman–Crippen LogP) is 2.51. The normalized spacial score (nSPS) is 24.0. The van der Waals surface area contributed by atoms with Crippen LogP contribution in [0.4, 0.5) is 0 Å². The van der Waals surface area contributed by atoms with E-state index in [2.05, 4.69) is 26.2 Å². The molecule has 1 aromatic heterocycles. The minimum absolute atomic E-state index is 0.248. The van der Waals surface area contributed by atoms with Gasteiger partial charge in [-0.15, -0.1) is 16.8 Å². The predicted molar refractivity (Wildman–Crippen MR) is 91.4 cm³/mol. The van der Waals surface area contributed by atoms with E-state index >= 15 is 0 Å². The first kappa shape index (κ1) is 16.7. The number of likely N-dealkylation sites (tertiary alicyclic amines) is 1. The van der Waals surface area contributed by atoms with Gasteiger partial charge in [-0.3, -0.25) is 0 Å². The fourth-order valence-electron chi connectivity index (χ4n) is 3.94. The lowest BCUT2D eigenvalue weighted by Crippen LogP contribution is -2.40. The van der Waals surface area contributed by atoms with Gasteiger partial charge < -0.3 is 14.6 Å². The van der Waals surface area contributed by atoms with Crippen LogP contribution in [0.5, 0.6) is 0 Å². The van der Waals surface area contributed by atoms with Crippen molar-refractivity contribution in [3.8, 4) is 0 Å². The molecule has 0 aliphatic carbocycles. The molecule has 5 heteroatoms. The number of aryl methyl sites for hydroxylation is 1. The number of hydrogen-bond acceptors (Lipinski definition) is 4. The van der Waals surface area contributed by atoms with Gasteiger partial charge in [-0.05, 0) is 45.1 Å². The second-order valence-corrected chi connectivity index (χ2v) is 7.06. The average Bonchev–Trinajstić information content (AvgIpc) is 2.82. The SMILES string of the molecule is C=CCCC(O)CN1CCCC(c2nnc3n2CCCCC3)C1. The highest BCUT2D eigenvalue weighted by atomic mass is 16.3. The van der Waals surface area contributed by atoms with Crippen LogP contribution in [0.25, 0.3) is 0 Å². The molecule has 2 atom stereocenters. The number of fused-ring (bicyclic) bond motifs is 1. The summed E-state index contributed by atoms with van der Waals surface area (Å²) in [4.78, 5) is 2.40. The van der Waals surface area contributed by atoms with Crippen molar-refractivity contribution in [3.05, 3.63) is 24.3 Å². The Labute approximate surface area is 139 Å². The average molecular weight is 318 g/mol. The molecule has 0 spiro atoms. The number of nitrogens with zero attached hydrogens (tertiary/aromatic N) is 4. The number of aliphatic hydroxyl groups is 1. The van der Waals surface area contributed by atoms with Crippen molar-refractivity contribution >= 4 is 0 Å². The highest BCUT2D eigenvalue weighted by molar-refractivity contribution is 5.05. The second kappa shape index (κ2) is 8.06. The lowest BCUT2D eigenvalue weighted by Gasteiger charge is -2.33. The third-order valence-corrected chi connectivity index (χ3v) is 5.18. The van der Waals surface area contributed by atoms with Gasteiger partial charge in [-0.1, -0.05) is 12.5 Å². The van der Waals surface area contributed by atoms with Gasteiger partial charge in [-0.25, -0.2) is 0 Å². The Bertz CT molecular complexity index is 513. The molecule has 128 valence electrons. The Morgan fingerprint density at radius 2 is 2.13 bits per heavy atom. The van der Waals surface area contributed by atoms with E-state index in [0.717, 1.165) is 45.4 Å². The van der Waals surface area contributed by atoms with E-state index in [0.29, 0.717) is 5.92 Å². The number of piperidine rings is 1. The number of rotatable bonds is 6. The van der Waals surface area contributed by atoms with Gasteiger partial charge in [0.1, 0.15) is 11.6 Å². The number of hydrogen-bond donors (Lipinski definition) is 1. The summed E-state index contributed by atoms with van der Waals surface area (Å²) in [7, 11) is 0. The minimum Gasteiger partial charge on any atom is -0.392 e. The molecular weight excluding hydrogens is 288 g/mol. The molecule has 0 bridgehead atoms. The largest absolute Gasteiger partial charge is 0.392 e. The number of aliphatic hydroxyl groups excluding tert-OH is 1. The van der Waals surface area contributed by atoms with E-state index < -0.39 is 0 Å². The number of β-amino-alcohol motifs (C(OH)–C–C–N with tert-alkyl or cyclic N) is 1. The molecule has 1 aromatic rings. The summed E-state index contributed by atoms with van der Waals surface area (Å²) in [6.45, 7) is 7.67. The topological polar surface area (TPSA) is 54.2 Å². The molecule has 0 amide bonds. The molecule has 5 nitrogen and oxygen atoms in total. The van der Waals surface area contributed by atoms with E-state index in [1.54, 1.807) is 0 Å². The van der Waals surface area contributed by atoms with E-state index in [1.807, 2.05) is 6.08 Å². The van der Waals surface area contributed by atoms with E-state index in [9.17, 15) is 5.11 Å². The lowest BCUT2D eigenvalue weighted by molar-refractivity contribution is 0.0887. The number of aromatic nitrogens is 3. The van der Waals surface area contributed by atoms with Crippen LogP contribution in [0.1, 0.15) is 62.5 Å². The maximum absolute atomic E-state index is 10.2. The van der Waals surface area contributed by atoms with Crippen molar-refractivity contribution in [3.63, 3.8) is 0 Å². The second-order valence-electron chi connectivity index (χ2n) is 7.06. The summed E-state index contributed by atoms with van der Waals surface area (Å²) >= 11 is 0. The summed E-state index contributed by atoms with van der Waals surface area (Å²) in [5, 5.41) is 19.1. The summed E-state index contributed by atoms with van der Waals surface area (Å²) in [6.07, 6.45) is 10.6. The molecule has 0 saturated carbocycles. The third-order valence-electron chi connectivity index (χ3n) is 5.18. The molecule has 0 radical (unpaired) electrons. The van der Waals surface area contributed by atoms with Gasteiger partial charge in [0.2, 0.25) is 0 Å². The molecule has 2 aliphatic heterocycles. The Balaban J connectivity index is 1.62. The van der Waals surface area contributed by atoms with Crippen molar-refractivity contribution in [1.82, 2.24) is 19.7 Å². The maximum atomic E-state index is 10.2. The van der Waals surface area contributed by atoms with E-state index in [1.165, 1.54) is 43.8 Å². The van der Waals surface area contributed by atoms with Gasteiger partial charge in [-0.2, -0.15) is 0 Å². The molecule has 23 heavy (non-hydrogen) atoms. The van der Waals surface area contributed by atoms with Crippen molar-refractivity contribution < 1.29 is 5.11 Å². The summed E-state index contributed by atoms with van der Waals surface area (Å²) in [5.41, 5.74) is 0. The van der Waals surface area contributed by atoms with Gasteiger partial charge in [0, 0.05) is 32.0 Å². The van der Waals surface area contributed by atoms with Crippen LogP contribution in [0.3, 0.4) is 0 Å². The van der Waals surface area contributed by atoms with Crippen LogP contribution < -0.4 is 0 Å². The van der Waals surface area contributed by atoms with Crippen molar-refractivity contribution in [1.29, 1.82) is 0 Å². The first-order valence-corrected chi connectivity index (χ1v) is 9.21. The van der Waals surface area contributed by atoms with E-state index in [4.69, 9.17) is 0 Å². The van der Waals surface area contributed by atoms with Crippen molar-refractivity contribution in [2.24, 2.45) is 0 Å². The Morgan fingerprint density at radius 1 is 1.22 bits per heavy atom. The third kappa shape index (κ3) is 4.21. The van der Waals surface area contributed by atoms with Crippen LogP contribution in [0, 0.1) is 0 Å². The molecule has 2 unspecified atom stereocenters.